The Morgan fingerprint density at radius 3 is 2.72 bits per heavy atom. The molecule has 5 nitrogen and oxygen atoms in total. The fourth-order valence-electron chi connectivity index (χ4n) is 1.79. The first-order chi connectivity index (χ1) is 8.83. The van der Waals surface area contributed by atoms with Crippen molar-refractivity contribution in [3.8, 4) is 0 Å². The standard InChI is InChI=1S/C13H11N5/c14-13-16-8-6-11(18-13)17-10-5-1-3-9-4-2-7-15-12(9)10/h1-8H,(H3,14,16,17,18). The lowest BCUT2D eigenvalue weighted by atomic mass is 10.2. The molecule has 2 aromatic heterocycles. The number of nitrogens with two attached hydrogens (primary N) is 1. The maximum absolute atomic E-state index is 5.55. The highest BCUT2D eigenvalue weighted by Gasteiger charge is 2.02. The highest BCUT2D eigenvalue weighted by atomic mass is 15.1. The van der Waals surface area contributed by atoms with Gasteiger partial charge in [-0.25, -0.2) is 4.98 Å². The van der Waals surface area contributed by atoms with Gasteiger partial charge in [-0.2, -0.15) is 4.98 Å². The van der Waals surface area contributed by atoms with Crippen LogP contribution in [0.25, 0.3) is 10.9 Å². The number of nitrogen functional groups attached to an aromatic ring is 1. The lowest BCUT2D eigenvalue weighted by molar-refractivity contribution is 1.18. The zero-order chi connectivity index (χ0) is 12.4. The number of nitrogens with zero attached hydrogens (tertiary/aromatic N) is 3. The fraction of sp³-hybridized carbons (Fsp3) is 0. The number of benzene rings is 1. The van der Waals surface area contributed by atoms with Gasteiger partial charge in [0, 0.05) is 17.8 Å². The number of anilines is 3. The molecule has 0 unspecified atom stereocenters. The third-order valence-electron chi connectivity index (χ3n) is 2.57. The Kier molecular flexibility index (Phi) is 2.49. The van der Waals surface area contributed by atoms with Crippen molar-refractivity contribution < 1.29 is 0 Å². The molecule has 3 N–H and O–H groups in total. The number of hydrogen-bond donors (Lipinski definition) is 2. The van der Waals surface area contributed by atoms with Crippen molar-refractivity contribution in [1.29, 1.82) is 0 Å². The number of pyridine rings is 1. The molecule has 0 spiro atoms. The maximum atomic E-state index is 5.55. The van der Waals surface area contributed by atoms with Gasteiger partial charge in [-0.3, -0.25) is 4.98 Å². The molecule has 0 radical (unpaired) electrons. The number of nitrogens with one attached hydrogen (secondary N) is 1. The summed E-state index contributed by atoms with van der Waals surface area (Å²) in [6, 6.07) is 11.6. The summed E-state index contributed by atoms with van der Waals surface area (Å²) in [5.74, 6) is 0.897. The summed E-state index contributed by atoms with van der Waals surface area (Å²) in [6.07, 6.45) is 3.38. The Bertz CT molecular complexity index is 690. The van der Waals surface area contributed by atoms with E-state index < -0.39 is 0 Å². The molecule has 3 aromatic rings. The third-order valence-corrected chi connectivity index (χ3v) is 2.57. The Balaban J connectivity index is 2.05. The van der Waals surface area contributed by atoms with E-state index >= 15 is 0 Å². The minimum Gasteiger partial charge on any atom is -0.368 e. The SMILES string of the molecule is Nc1nccc(Nc2cccc3cccnc23)n1. The van der Waals surface area contributed by atoms with Crippen LogP contribution in [0.3, 0.4) is 0 Å². The molecule has 3 rings (SSSR count). The highest BCUT2D eigenvalue weighted by molar-refractivity contribution is 5.91. The van der Waals surface area contributed by atoms with Crippen molar-refractivity contribution in [2.24, 2.45) is 0 Å². The lowest BCUT2D eigenvalue weighted by Crippen LogP contribution is -1.99. The smallest absolute Gasteiger partial charge is 0.221 e. The minimum atomic E-state index is 0.244. The summed E-state index contributed by atoms with van der Waals surface area (Å²) < 4.78 is 0. The summed E-state index contributed by atoms with van der Waals surface area (Å²) in [5.41, 5.74) is 7.34. The monoisotopic (exact) mass is 237 g/mol. The predicted octanol–water partition coefficient (Wildman–Crippen LogP) is 2.35. The molecule has 88 valence electrons. The maximum Gasteiger partial charge on any atom is 0.221 e. The Morgan fingerprint density at radius 1 is 0.944 bits per heavy atom. The summed E-state index contributed by atoms with van der Waals surface area (Å²) in [7, 11) is 0. The van der Waals surface area contributed by atoms with E-state index in [0.29, 0.717) is 5.82 Å². The van der Waals surface area contributed by atoms with Gasteiger partial charge in [0.05, 0.1) is 11.2 Å². The molecule has 18 heavy (non-hydrogen) atoms. The fourth-order valence-corrected chi connectivity index (χ4v) is 1.79. The van der Waals surface area contributed by atoms with Crippen molar-refractivity contribution in [1.82, 2.24) is 15.0 Å². The Hall–Kier alpha value is -2.69. The molecule has 0 saturated heterocycles. The number of aromatic nitrogens is 3. The average Bonchev–Trinajstić information content (AvgIpc) is 2.39. The number of rotatable bonds is 2. The summed E-state index contributed by atoms with van der Waals surface area (Å²) in [5, 5.41) is 4.27. The molecule has 0 aliphatic rings. The molecule has 2 heterocycles. The quantitative estimate of drug-likeness (QED) is 0.715. The first-order valence-corrected chi connectivity index (χ1v) is 5.52. The van der Waals surface area contributed by atoms with E-state index in [-0.39, 0.29) is 5.95 Å². The van der Waals surface area contributed by atoms with Gasteiger partial charge < -0.3 is 11.1 Å². The van der Waals surface area contributed by atoms with Crippen molar-refractivity contribution in [3.05, 3.63) is 48.8 Å². The molecular formula is C13H11N5. The van der Waals surface area contributed by atoms with Crippen molar-refractivity contribution in [2.45, 2.75) is 0 Å². The van der Waals surface area contributed by atoms with Gasteiger partial charge in [0.25, 0.3) is 0 Å². The van der Waals surface area contributed by atoms with Gasteiger partial charge >= 0.3 is 0 Å². The molecule has 0 saturated carbocycles. The van der Waals surface area contributed by atoms with Crippen LogP contribution in [0.15, 0.2) is 48.8 Å². The van der Waals surface area contributed by atoms with Crippen molar-refractivity contribution >= 4 is 28.4 Å². The zero-order valence-corrected chi connectivity index (χ0v) is 9.54. The van der Waals surface area contributed by atoms with Crippen LogP contribution >= 0.6 is 0 Å². The van der Waals surface area contributed by atoms with Crippen LogP contribution in [0.5, 0.6) is 0 Å². The van der Waals surface area contributed by atoms with Crippen molar-refractivity contribution in [3.63, 3.8) is 0 Å². The van der Waals surface area contributed by atoms with E-state index in [2.05, 4.69) is 20.3 Å². The second-order valence-electron chi connectivity index (χ2n) is 3.81. The second kappa shape index (κ2) is 4.29. The molecule has 0 fully saturated rings. The molecular weight excluding hydrogens is 226 g/mol. The lowest BCUT2D eigenvalue weighted by Gasteiger charge is -2.08. The zero-order valence-electron chi connectivity index (χ0n) is 9.54. The molecule has 1 aromatic carbocycles. The van der Waals surface area contributed by atoms with E-state index in [0.717, 1.165) is 16.6 Å². The van der Waals surface area contributed by atoms with Gasteiger partial charge in [0.15, 0.2) is 0 Å². The summed E-state index contributed by atoms with van der Waals surface area (Å²) in [4.78, 5) is 12.3. The van der Waals surface area contributed by atoms with Crippen LogP contribution in [0.2, 0.25) is 0 Å². The number of para-hydroxylation sites is 1. The van der Waals surface area contributed by atoms with Crippen LogP contribution < -0.4 is 11.1 Å². The van der Waals surface area contributed by atoms with Gasteiger partial charge in [0.1, 0.15) is 5.82 Å². The van der Waals surface area contributed by atoms with Gasteiger partial charge in [-0.1, -0.05) is 18.2 Å². The molecule has 0 amide bonds. The number of hydrogen-bond acceptors (Lipinski definition) is 5. The normalized spacial score (nSPS) is 10.4. The second-order valence-corrected chi connectivity index (χ2v) is 3.81. The number of fused-ring (bicyclic) bond motifs is 1. The summed E-state index contributed by atoms with van der Waals surface area (Å²) >= 11 is 0. The Morgan fingerprint density at radius 2 is 1.83 bits per heavy atom. The van der Waals surface area contributed by atoms with Gasteiger partial charge in [-0.05, 0) is 18.2 Å². The predicted molar refractivity (Wildman–Crippen MR) is 71.5 cm³/mol. The molecule has 0 bridgehead atoms. The molecule has 0 atom stereocenters. The van der Waals surface area contributed by atoms with Crippen LogP contribution in [0, 0.1) is 0 Å². The molecule has 0 aliphatic carbocycles. The van der Waals surface area contributed by atoms with E-state index in [1.807, 2.05) is 30.3 Å². The van der Waals surface area contributed by atoms with E-state index in [1.165, 1.54) is 0 Å². The van der Waals surface area contributed by atoms with E-state index in [4.69, 9.17) is 5.73 Å². The van der Waals surface area contributed by atoms with E-state index in [1.54, 1.807) is 18.5 Å². The largest absolute Gasteiger partial charge is 0.368 e. The average molecular weight is 237 g/mol. The van der Waals surface area contributed by atoms with Crippen LogP contribution in [0.1, 0.15) is 0 Å². The van der Waals surface area contributed by atoms with E-state index in [9.17, 15) is 0 Å². The van der Waals surface area contributed by atoms with Crippen LogP contribution in [-0.4, -0.2) is 15.0 Å². The topological polar surface area (TPSA) is 76.7 Å². The van der Waals surface area contributed by atoms with Crippen molar-refractivity contribution in [2.75, 3.05) is 11.1 Å². The first kappa shape index (κ1) is 10.5. The highest BCUT2D eigenvalue weighted by Crippen LogP contribution is 2.23. The minimum absolute atomic E-state index is 0.244. The van der Waals surface area contributed by atoms with Gasteiger partial charge in [-0.15, -0.1) is 0 Å². The Labute approximate surface area is 104 Å². The summed E-state index contributed by atoms with van der Waals surface area (Å²) in [6.45, 7) is 0. The molecule has 5 heteroatoms. The van der Waals surface area contributed by atoms with Crippen LogP contribution in [-0.2, 0) is 0 Å². The third kappa shape index (κ3) is 1.93. The van der Waals surface area contributed by atoms with Gasteiger partial charge in [0.2, 0.25) is 5.95 Å². The molecule has 0 aliphatic heterocycles. The first-order valence-electron chi connectivity index (χ1n) is 5.52. The van der Waals surface area contributed by atoms with Crippen LogP contribution in [0.4, 0.5) is 17.5 Å².